The molecule has 1 aliphatic rings. The van der Waals surface area contributed by atoms with Gasteiger partial charge in [-0.3, -0.25) is 9.36 Å². The maximum atomic E-state index is 13.0. The Morgan fingerprint density at radius 2 is 2.27 bits per heavy atom. The first kappa shape index (κ1) is 13.1. The molecule has 0 radical (unpaired) electrons. The normalized spacial score (nSPS) is 17.6. The van der Waals surface area contributed by atoms with Crippen LogP contribution in [0.15, 0.2) is 36.7 Å². The van der Waals surface area contributed by atoms with Crippen molar-refractivity contribution in [1.82, 2.24) is 14.1 Å². The van der Waals surface area contributed by atoms with E-state index < -0.39 is 0 Å². The van der Waals surface area contributed by atoms with Crippen LogP contribution in [0.1, 0.15) is 22.7 Å². The summed E-state index contributed by atoms with van der Waals surface area (Å²) in [5.74, 6) is 1.12. The van der Waals surface area contributed by atoms with Crippen LogP contribution in [0.25, 0.3) is 10.9 Å². The number of carbonyl (C=O) groups is 1. The zero-order valence-electron chi connectivity index (χ0n) is 12.5. The second-order valence-electron chi connectivity index (χ2n) is 5.97. The van der Waals surface area contributed by atoms with Gasteiger partial charge in [0.25, 0.3) is 0 Å². The predicted molar refractivity (Wildman–Crippen MR) is 85.8 cm³/mol. The van der Waals surface area contributed by atoms with Crippen LogP contribution in [-0.4, -0.2) is 20.0 Å². The summed E-state index contributed by atoms with van der Waals surface area (Å²) in [6.45, 7) is 2.81. The van der Waals surface area contributed by atoms with Gasteiger partial charge < -0.3 is 10.3 Å². The van der Waals surface area contributed by atoms with Gasteiger partial charge in [-0.25, -0.2) is 4.98 Å². The lowest BCUT2D eigenvalue weighted by Crippen LogP contribution is -2.30. The van der Waals surface area contributed by atoms with E-state index in [0.29, 0.717) is 12.1 Å². The molecule has 0 bridgehead atoms. The van der Waals surface area contributed by atoms with Crippen LogP contribution in [0.5, 0.6) is 0 Å². The molecule has 4 rings (SSSR count). The smallest absolute Gasteiger partial charge is 0.234 e. The van der Waals surface area contributed by atoms with Crippen molar-refractivity contribution in [2.24, 2.45) is 5.92 Å². The molecule has 0 saturated carbocycles. The Balaban J connectivity index is 1.75. The number of imidazole rings is 1. The number of benzene rings is 1. The SMILES string of the molecule is Cc1cc2c(N)cccc2n1C(=O)C1CCn2ccnc2C1. The molecular weight excluding hydrogens is 276 g/mol. The van der Waals surface area contributed by atoms with E-state index in [0.717, 1.165) is 35.4 Å². The molecule has 1 aromatic carbocycles. The number of hydrogen-bond donors (Lipinski definition) is 1. The minimum atomic E-state index is -0.0226. The lowest BCUT2D eigenvalue weighted by atomic mass is 9.96. The number of carbonyl (C=O) groups excluding carboxylic acids is 1. The molecule has 0 amide bonds. The second-order valence-corrected chi connectivity index (χ2v) is 5.97. The molecule has 0 aliphatic carbocycles. The van der Waals surface area contributed by atoms with Crippen molar-refractivity contribution in [3.63, 3.8) is 0 Å². The largest absolute Gasteiger partial charge is 0.398 e. The van der Waals surface area contributed by atoms with Gasteiger partial charge in [0.1, 0.15) is 5.82 Å². The number of nitrogens with two attached hydrogens (primary N) is 1. The van der Waals surface area contributed by atoms with Crippen LogP contribution in [-0.2, 0) is 13.0 Å². The zero-order valence-corrected chi connectivity index (χ0v) is 12.5. The lowest BCUT2D eigenvalue weighted by Gasteiger charge is -2.23. The minimum Gasteiger partial charge on any atom is -0.398 e. The van der Waals surface area contributed by atoms with Gasteiger partial charge >= 0.3 is 0 Å². The molecule has 112 valence electrons. The van der Waals surface area contributed by atoms with Crippen LogP contribution in [0.2, 0.25) is 0 Å². The number of nitrogens with zero attached hydrogens (tertiary/aromatic N) is 3. The van der Waals surface area contributed by atoms with E-state index in [-0.39, 0.29) is 11.8 Å². The summed E-state index contributed by atoms with van der Waals surface area (Å²) in [5.41, 5.74) is 8.58. The van der Waals surface area contributed by atoms with Crippen molar-refractivity contribution in [3.8, 4) is 0 Å². The number of aryl methyl sites for hydroxylation is 2. The number of nitrogen functional groups attached to an aromatic ring is 1. The number of rotatable bonds is 1. The van der Waals surface area contributed by atoms with E-state index in [1.807, 2.05) is 42.0 Å². The molecule has 3 heterocycles. The third kappa shape index (κ3) is 1.85. The van der Waals surface area contributed by atoms with Gasteiger partial charge in [0.2, 0.25) is 5.91 Å². The van der Waals surface area contributed by atoms with E-state index in [4.69, 9.17) is 5.73 Å². The maximum Gasteiger partial charge on any atom is 0.234 e. The first-order chi connectivity index (χ1) is 10.6. The fraction of sp³-hybridized carbons (Fsp3) is 0.294. The Labute approximate surface area is 128 Å². The summed E-state index contributed by atoms with van der Waals surface area (Å²) >= 11 is 0. The average Bonchev–Trinajstić information content (AvgIpc) is 3.10. The first-order valence-corrected chi connectivity index (χ1v) is 7.56. The van der Waals surface area contributed by atoms with Gasteiger partial charge in [0.15, 0.2) is 0 Å². The van der Waals surface area contributed by atoms with Gasteiger partial charge in [-0.05, 0) is 31.5 Å². The highest BCUT2D eigenvalue weighted by molar-refractivity contribution is 5.99. The van der Waals surface area contributed by atoms with Crippen molar-refractivity contribution in [2.45, 2.75) is 26.3 Å². The van der Waals surface area contributed by atoms with E-state index in [9.17, 15) is 4.79 Å². The highest BCUT2D eigenvalue weighted by atomic mass is 16.2. The summed E-state index contributed by atoms with van der Waals surface area (Å²) in [4.78, 5) is 17.4. The van der Waals surface area contributed by atoms with Crippen molar-refractivity contribution in [2.75, 3.05) is 5.73 Å². The van der Waals surface area contributed by atoms with Crippen molar-refractivity contribution >= 4 is 22.5 Å². The standard InChI is InChI=1S/C17H18N4O/c1-11-9-13-14(18)3-2-4-15(13)21(11)17(22)12-5-7-20-8-6-19-16(20)10-12/h2-4,6,8-9,12H,5,7,10,18H2,1H3. The van der Waals surface area contributed by atoms with Gasteiger partial charge in [-0.2, -0.15) is 0 Å². The highest BCUT2D eigenvalue weighted by Gasteiger charge is 2.28. The Hall–Kier alpha value is -2.56. The van der Waals surface area contributed by atoms with Gasteiger partial charge in [-0.15, -0.1) is 0 Å². The molecule has 1 atom stereocenters. The second kappa shape index (κ2) is 4.73. The molecule has 5 heteroatoms. The lowest BCUT2D eigenvalue weighted by molar-refractivity contribution is 0.0814. The summed E-state index contributed by atoms with van der Waals surface area (Å²) in [5, 5.41) is 0.950. The fourth-order valence-electron chi connectivity index (χ4n) is 3.42. The minimum absolute atomic E-state index is 0.0226. The van der Waals surface area contributed by atoms with E-state index in [1.165, 1.54) is 0 Å². The highest BCUT2D eigenvalue weighted by Crippen LogP contribution is 2.28. The molecule has 2 N–H and O–H groups in total. The molecule has 0 saturated heterocycles. The molecule has 22 heavy (non-hydrogen) atoms. The van der Waals surface area contributed by atoms with Crippen LogP contribution >= 0.6 is 0 Å². The Morgan fingerprint density at radius 3 is 3.14 bits per heavy atom. The topological polar surface area (TPSA) is 65.8 Å². The van der Waals surface area contributed by atoms with Gasteiger partial charge in [0, 0.05) is 48.0 Å². The summed E-state index contributed by atoms with van der Waals surface area (Å²) < 4.78 is 3.94. The molecule has 1 unspecified atom stereocenters. The number of aromatic nitrogens is 3. The third-order valence-electron chi connectivity index (χ3n) is 4.58. The monoisotopic (exact) mass is 294 g/mol. The van der Waals surface area contributed by atoms with Crippen LogP contribution in [0, 0.1) is 12.8 Å². The Bertz CT molecular complexity index is 874. The molecule has 0 spiro atoms. The third-order valence-corrected chi connectivity index (χ3v) is 4.58. The van der Waals surface area contributed by atoms with Crippen molar-refractivity contribution in [3.05, 3.63) is 48.2 Å². The van der Waals surface area contributed by atoms with Gasteiger partial charge in [0.05, 0.1) is 5.52 Å². The maximum absolute atomic E-state index is 13.0. The number of anilines is 1. The zero-order chi connectivity index (χ0) is 15.3. The molecular formula is C17H18N4O. The Kier molecular flexibility index (Phi) is 2.82. The Morgan fingerprint density at radius 1 is 1.41 bits per heavy atom. The molecule has 0 fully saturated rings. The average molecular weight is 294 g/mol. The molecule has 1 aliphatic heterocycles. The van der Waals surface area contributed by atoms with Crippen LogP contribution < -0.4 is 5.73 Å². The molecule has 2 aromatic heterocycles. The predicted octanol–water partition coefficient (Wildman–Crippen LogP) is 2.63. The first-order valence-electron chi connectivity index (χ1n) is 7.56. The quantitative estimate of drug-likeness (QED) is 0.702. The summed E-state index contributed by atoms with van der Waals surface area (Å²) in [6, 6.07) is 7.72. The molecule has 5 nitrogen and oxygen atoms in total. The van der Waals surface area contributed by atoms with E-state index >= 15 is 0 Å². The fourth-order valence-corrected chi connectivity index (χ4v) is 3.42. The number of hydrogen-bond acceptors (Lipinski definition) is 3. The summed E-state index contributed by atoms with van der Waals surface area (Å²) in [7, 11) is 0. The number of fused-ring (bicyclic) bond motifs is 2. The van der Waals surface area contributed by atoms with Crippen molar-refractivity contribution < 1.29 is 4.79 Å². The van der Waals surface area contributed by atoms with Crippen LogP contribution in [0.3, 0.4) is 0 Å². The van der Waals surface area contributed by atoms with Gasteiger partial charge in [-0.1, -0.05) is 6.07 Å². The summed E-state index contributed by atoms with van der Waals surface area (Å²) in [6.07, 6.45) is 5.34. The van der Waals surface area contributed by atoms with E-state index in [1.54, 1.807) is 6.20 Å². The van der Waals surface area contributed by atoms with Crippen molar-refractivity contribution in [1.29, 1.82) is 0 Å². The van der Waals surface area contributed by atoms with Crippen LogP contribution in [0.4, 0.5) is 5.69 Å². The molecule has 3 aromatic rings. The van der Waals surface area contributed by atoms with E-state index in [2.05, 4.69) is 9.55 Å².